The second-order valence-electron chi connectivity index (χ2n) is 6.62. The number of benzene rings is 1. The normalized spacial score (nSPS) is 17.2. The lowest BCUT2D eigenvalue weighted by atomic mass is 10.1. The first-order valence-electron chi connectivity index (χ1n) is 8.41. The molecule has 0 saturated carbocycles. The molecule has 1 saturated heterocycles. The smallest absolute Gasteiger partial charge is 0.255 e. The molecule has 1 aliphatic heterocycles. The van der Waals surface area contributed by atoms with Crippen LogP contribution in [0.15, 0.2) is 22.6 Å². The number of hydrogen-bond acceptors (Lipinski definition) is 3. The van der Waals surface area contributed by atoms with E-state index in [0.717, 1.165) is 30.4 Å². The first-order chi connectivity index (χ1) is 11.9. The van der Waals surface area contributed by atoms with Crippen molar-refractivity contribution in [3.8, 4) is 0 Å². The van der Waals surface area contributed by atoms with Crippen LogP contribution in [0, 0.1) is 38.3 Å². The van der Waals surface area contributed by atoms with Crippen molar-refractivity contribution in [3.63, 3.8) is 0 Å². The first kappa shape index (κ1) is 17.5. The number of aryl methyl sites for hydroxylation is 2. The predicted molar refractivity (Wildman–Crippen MR) is 91.9 cm³/mol. The van der Waals surface area contributed by atoms with Gasteiger partial charge < -0.3 is 14.6 Å². The average Bonchev–Trinajstić information content (AvgIpc) is 3.13. The fourth-order valence-corrected chi connectivity index (χ4v) is 3.37. The molecular formula is C19H22F2N2O2. The van der Waals surface area contributed by atoms with Gasteiger partial charge in [-0.1, -0.05) is 0 Å². The van der Waals surface area contributed by atoms with Gasteiger partial charge in [0, 0.05) is 37.0 Å². The van der Waals surface area contributed by atoms with E-state index in [-0.39, 0.29) is 11.8 Å². The summed E-state index contributed by atoms with van der Waals surface area (Å²) in [4.78, 5) is 14.4. The van der Waals surface area contributed by atoms with E-state index in [4.69, 9.17) is 4.42 Å². The highest BCUT2D eigenvalue weighted by molar-refractivity contribution is 5.96. The fourth-order valence-electron chi connectivity index (χ4n) is 3.37. The van der Waals surface area contributed by atoms with Crippen molar-refractivity contribution in [2.24, 2.45) is 5.92 Å². The van der Waals surface area contributed by atoms with Crippen LogP contribution in [0.5, 0.6) is 0 Å². The summed E-state index contributed by atoms with van der Waals surface area (Å²) < 4.78 is 31.9. The van der Waals surface area contributed by atoms with Crippen molar-refractivity contribution in [1.82, 2.24) is 5.32 Å². The molecule has 6 heteroatoms. The minimum absolute atomic E-state index is 0.127. The zero-order valence-corrected chi connectivity index (χ0v) is 14.7. The fraction of sp³-hybridized carbons (Fsp3) is 0.421. The molecule has 1 N–H and O–H groups in total. The van der Waals surface area contributed by atoms with Crippen molar-refractivity contribution in [2.45, 2.75) is 27.2 Å². The Morgan fingerprint density at radius 1 is 1.24 bits per heavy atom. The average molecular weight is 348 g/mol. The number of nitrogens with one attached hydrogen (secondary N) is 1. The van der Waals surface area contributed by atoms with Gasteiger partial charge in [-0.05, 0) is 45.2 Å². The number of amides is 1. The lowest BCUT2D eigenvalue weighted by Crippen LogP contribution is -2.31. The van der Waals surface area contributed by atoms with E-state index in [9.17, 15) is 13.6 Å². The SMILES string of the molecule is Cc1oc(C)c(C(=O)NC[C@@H]2CCN(c3ccc(F)c(F)c3)C2)c1C. The number of nitrogens with zero attached hydrogens (tertiary/aromatic N) is 1. The van der Waals surface area contributed by atoms with E-state index in [1.54, 1.807) is 13.0 Å². The van der Waals surface area contributed by atoms with Crippen molar-refractivity contribution < 1.29 is 18.0 Å². The maximum Gasteiger partial charge on any atom is 0.255 e. The zero-order valence-electron chi connectivity index (χ0n) is 14.7. The summed E-state index contributed by atoms with van der Waals surface area (Å²) in [6.45, 7) is 7.51. The Kier molecular flexibility index (Phi) is 4.79. The van der Waals surface area contributed by atoms with Gasteiger partial charge in [-0.15, -0.1) is 0 Å². The summed E-state index contributed by atoms with van der Waals surface area (Å²) in [6, 6.07) is 3.95. The maximum absolute atomic E-state index is 13.4. The summed E-state index contributed by atoms with van der Waals surface area (Å²) in [5.74, 6) is -0.150. The summed E-state index contributed by atoms with van der Waals surface area (Å²) >= 11 is 0. The van der Waals surface area contributed by atoms with Crippen LogP contribution in [0.1, 0.15) is 33.9 Å². The van der Waals surface area contributed by atoms with E-state index < -0.39 is 11.6 Å². The Morgan fingerprint density at radius 3 is 2.64 bits per heavy atom. The highest BCUT2D eigenvalue weighted by atomic mass is 19.2. The van der Waals surface area contributed by atoms with Gasteiger partial charge in [0.1, 0.15) is 11.5 Å². The molecule has 2 heterocycles. The molecule has 0 spiro atoms. The van der Waals surface area contributed by atoms with Crippen molar-refractivity contribution >= 4 is 11.6 Å². The summed E-state index contributed by atoms with van der Waals surface area (Å²) in [7, 11) is 0. The Labute approximate surface area is 145 Å². The molecule has 25 heavy (non-hydrogen) atoms. The molecule has 1 aromatic heterocycles. The monoisotopic (exact) mass is 348 g/mol. The third-order valence-corrected chi connectivity index (χ3v) is 4.89. The Bertz CT molecular complexity index is 801. The Morgan fingerprint density at radius 2 is 2.00 bits per heavy atom. The molecule has 3 rings (SSSR count). The number of rotatable bonds is 4. The molecule has 134 valence electrons. The number of halogens is 2. The van der Waals surface area contributed by atoms with Gasteiger partial charge in [0.05, 0.1) is 5.56 Å². The molecule has 2 aromatic rings. The van der Waals surface area contributed by atoms with Gasteiger partial charge in [0.2, 0.25) is 0 Å². The minimum Gasteiger partial charge on any atom is -0.466 e. The van der Waals surface area contributed by atoms with Gasteiger partial charge in [0.15, 0.2) is 11.6 Å². The van der Waals surface area contributed by atoms with Crippen molar-refractivity contribution in [1.29, 1.82) is 0 Å². The number of carbonyl (C=O) groups is 1. The standard InChI is InChI=1S/C19H22F2N2O2/c1-11-12(2)25-13(3)18(11)19(24)22-9-14-6-7-23(10-14)15-4-5-16(20)17(21)8-15/h4-5,8,14H,6-7,9-10H2,1-3H3,(H,22,24)/t14-/m0/s1. The molecule has 1 fully saturated rings. The molecule has 0 radical (unpaired) electrons. The van der Waals surface area contributed by atoms with Crippen LogP contribution in [-0.4, -0.2) is 25.5 Å². The maximum atomic E-state index is 13.4. The molecule has 0 bridgehead atoms. The van der Waals surface area contributed by atoms with Gasteiger partial charge in [-0.3, -0.25) is 4.79 Å². The number of hydrogen-bond donors (Lipinski definition) is 1. The van der Waals surface area contributed by atoms with Crippen LogP contribution in [0.4, 0.5) is 14.5 Å². The van der Waals surface area contributed by atoms with Crippen LogP contribution >= 0.6 is 0 Å². The molecular weight excluding hydrogens is 326 g/mol. The quantitative estimate of drug-likeness (QED) is 0.915. The second-order valence-corrected chi connectivity index (χ2v) is 6.62. The number of furan rings is 1. The van der Waals surface area contributed by atoms with E-state index in [1.165, 1.54) is 6.07 Å². The molecule has 1 atom stereocenters. The summed E-state index contributed by atoms with van der Waals surface area (Å²) in [6.07, 6.45) is 0.891. The topological polar surface area (TPSA) is 45.5 Å². The van der Waals surface area contributed by atoms with Gasteiger partial charge in [-0.25, -0.2) is 8.78 Å². The number of carbonyl (C=O) groups excluding carboxylic acids is 1. The van der Waals surface area contributed by atoms with Gasteiger partial charge in [-0.2, -0.15) is 0 Å². The van der Waals surface area contributed by atoms with Crippen LogP contribution in [0.3, 0.4) is 0 Å². The van der Waals surface area contributed by atoms with Crippen LogP contribution in [-0.2, 0) is 0 Å². The van der Waals surface area contributed by atoms with Crippen LogP contribution < -0.4 is 10.2 Å². The van der Waals surface area contributed by atoms with E-state index in [2.05, 4.69) is 5.32 Å². The Hall–Kier alpha value is -2.37. The highest BCUT2D eigenvalue weighted by Crippen LogP contribution is 2.25. The zero-order chi connectivity index (χ0) is 18.1. The van der Waals surface area contributed by atoms with Crippen LogP contribution in [0.25, 0.3) is 0 Å². The van der Waals surface area contributed by atoms with E-state index in [0.29, 0.717) is 30.1 Å². The Balaban J connectivity index is 1.58. The third-order valence-electron chi connectivity index (χ3n) is 4.89. The lowest BCUT2D eigenvalue weighted by Gasteiger charge is -2.19. The molecule has 4 nitrogen and oxygen atoms in total. The molecule has 0 aliphatic carbocycles. The van der Waals surface area contributed by atoms with Gasteiger partial charge >= 0.3 is 0 Å². The molecule has 1 aliphatic rings. The van der Waals surface area contributed by atoms with Crippen LogP contribution in [0.2, 0.25) is 0 Å². The highest BCUT2D eigenvalue weighted by Gasteiger charge is 2.25. The summed E-state index contributed by atoms with van der Waals surface area (Å²) in [5.41, 5.74) is 2.14. The number of anilines is 1. The van der Waals surface area contributed by atoms with Gasteiger partial charge in [0.25, 0.3) is 5.91 Å². The molecule has 1 aromatic carbocycles. The second kappa shape index (κ2) is 6.86. The molecule has 0 unspecified atom stereocenters. The van der Waals surface area contributed by atoms with E-state index in [1.807, 2.05) is 18.7 Å². The summed E-state index contributed by atoms with van der Waals surface area (Å²) in [5, 5.41) is 2.97. The molecule has 1 amide bonds. The lowest BCUT2D eigenvalue weighted by molar-refractivity contribution is 0.0946. The predicted octanol–water partition coefficient (Wildman–Crippen LogP) is 3.74. The first-order valence-corrected chi connectivity index (χ1v) is 8.41. The third kappa shape index (κ3) is 3.52. The largest absolute Gasteiger partial charge is 0.466 e. The van der Waals surface area contributed by atoms with E-state index >= 15 is 0 Å². The minimum atomic E-state index is -0.840. The van der Waals surface area contributed by atoms with Crippen molar-refractivity contribution in [2.75, 3.05) is 24.5 Å². The van der Waals surface area contributed by atoms with Crippen molar-refractivity contribution in [3.05, 3.63) is 52.5 Å².